The molecule has 0 saturated heterocycles. The summed E-state index contributed by atoms with van der Waals surface area (Å²) in [5.41, 5.74) is 0.948. The first-order chi connectivity index (χ1) is 7.88. The molecule has 1 N–H and O–H groups in total. The molecular weight excluding hydrogens is 202 g/mol. The summed E-state index contributed by atoms with van der Waals surface area (Å²) < 4.78 is 5.56. The normalized spacial score (nSPS) is 10.1. The molecular formula is C12H13N3O. The molecule has 0 radical (unpaired) electrons. The molecule has 0 aromatic carbocycles. The van der Waals surface area contributed by atoms with Gasteiger partial charge >= 0.3 is 0 Å². The van der Waals surface area contributed by atoms with Crippen molar-refractivity contribution in [3.63, 3.8) is 0 Å². The van der Waals surface area contributed by atoms with Crippen LogP contribution in [0.5, 0.6) is 11.6 Å². The van der Waals surface area contributed by atoms with Crippen molar-refractivity contribution in [3.05, 3.63) is 48.4 Å². The van der Waals surface area contributed by atoms with Gasteiger partial charge < -0.3 is 10.1 Å². The lowest BCUT2D eigenvalue weighted by molar-refractivity contribution is 0.458. The van der Waals surface area contributed by atoms with E-state index in [0.717, 1.165) is 12.2 Å². The number of nitrogens with one attached hydrogen (secondary N) is 1. The predicted molar refractivity (Wildman–Crippen MR) is 61.3 cm³/mol. The summed E-state index contributed by atoms with van der Waals surface area (Å²) in [6.45, 7) is 0.726. The number of ether oxygens (including phenoxy) is 1. The molecule has 2 aromatic rings. The summed E-state index contributed by atoms with van der Waals surface area (Å²) in [4.78, 5) is 8.32. The quantitative estimate of drug-likeness (QED) is 0.847. The fraction of sp³-hybridized carbons (Fsp3) is 0.167. The Bertz CT molecular complexity index is 445. The minimum Gasteiger partial charge on any atom is -0.437 e. The Morgan fingerprint density at radius 2 is 2.19 bits per heavy atom. The highest BCUT2D eigenvalue weighted by Crippen LogP contribution is 2.17. The van der Waals surface area contributed by atoms with E-state index in [2.05, 4.69) is 15.3 Å². The third kappa shape index (κ3) is 2.77. The molecule has 16 heavy (non-hydrogen) atoms. The van der Waals surface area contributed by atoms with Crippen LogP contribution in [-0.4, -0.2) is 17.0 Å². The Labute approximate surface area is 94.3 Å². The van der Waals surface area contributed by atoms with Gasteiger partial charge in [-0.05, 0) is 25.2 Å². The Morgan fingerprint density at radius 3 is 2.94 bits per heavy atom. The second kappa shape index (κ2) is 5.23. The third-order valence-corrected chi connectivity index (χ3v) is 2.00. The lowest BCUT2D eigenvalue weighted by Crippen LogP contribution is -2.06. The molecule has 0 spiro atoms. The van der Waals surface area contributed by atoms with Gasteiger partial charge in [0.25, 0.3) is 0 Å². The molecule has 0 saturated carbocycles. The Balaban J connectivity index is 2.12. The monoisotopic (exact) mass is 215 g/mol. The van der Waals surface area contributed by atoms with Crippen LogP contribution in [0, 0.1) is 0 Å². The molecule has 4 heteroatoms. The number of hydrogen-bond acceptors (Lipinski definition) is 4. The summed E-state index contributed by atoms with van der Waals surface area (Å²) in [6.07, 6.45) is 3.37. The van der Waals surface area contributed by atoms with Crippen molar-refractivity contribution in [2.24, 2.45) is 0 Å². The largest absolute Gasteiger partial charge is 0.437 e. The van der Waals surface area contributed by atoms with Crippen LogP contribution in [0.3, 0.4) is 0 Å². The van der Waals surface area contributed by atoms with Gasteiger partial charge in [-0.3, -0.25) is 4.98 Å². The highest BCUT2D eigenvalue weighted by atomic mass is 16.5. The predicted octanol–water partition coefficient (Wildman–Crippen LogP) is 1.99. The first-order valence-corrected chi connectivity index (χ1v) is 5.07. The van der Waals surface area contributed by atoms with Gasteiger partial charge in [-0.2, -0.15) is 0 Å². The molecule has 2 heterocycles. The average molecular weight is 215 g/mol. The van der Waals surface area contributed by atoms with Crippen molar-refractivity contribution in [3.8, 4) is 11.6 Å². The molecule has 2 rings (SSSR count). The molecule has 0 amide bonds. The van der Waals surface area contributed by atoms with Crippen LogP contribution in [0.2, 0.25) is 0 Å². The topological polar surface area (TPSA) is 47.0 Å². The average Bonchev–Trinajstić information content (AvgIpc) is 2.31. The smallest absolute Gasteiger partial charge is 0.219 e. The molecule has 0 aliphatic heterocycles. The van der Waals surface area contributed by atoms with E-state index in [1.807, 2.05) is 37.4 Å². The Morgan fingerprint density at radius 1 is 1.25 bits per heavy atom. The standard InChI is InChI=1S/C12H13N3O/c1-13-8-10-4-2-6-12(15-10)16-11-5-3-7-14-9-11/h2-7,9,13H,8H2,1H3. The summed E-state index contributed by atoms with van der Waals surface area (Å²) in [5, 5.41) is 3.04. The van der Waals surface area contributed by atoms with E-state index in [1.54, 1.807) is 12.4 Å². The number of pyridine rings is 2. The zero-order valence-electron chi connectivity index (χ0n) is 9.05. The SMILES string of the molecule is CNCc1cccc(Oc2cccnc2)n1. The van der Waals surface area contributed by atoms with Crippen LogP contribution in [-0.2, 0) is 6.54 Å². The molecule has 2 aromatic heterocycles. The Hall–Kier alpha value is -1.94. The fourth-order valence-corrected chi connectivity index (χ4v) is 1.32. The van der Waals surface area contributed by atoms with Crippen LogP contribution in [0.15, 0.2) is 42.7 Å². The molecule has 0 aliphatic carbocycles. The molecule has 82 valence electrons. The summed E-state index contributed by atoms with van der Waals surface area (Å²) >= 11 is 0. The van der Waals surface area contributed by atoms with E-state index in [0.29, 0.717) is 11.6 Å². The van der Waals surface area contributed by atoms with Gasteiger partial charge in [0, 0.05) is 18.8 Å². The summed E-state index contributed by atoms with van der Waals surface area (Å²) in [7, 11) is 1.89. The first kappa shape index (κ1) is 10.6. The highest BCUT2D eigenvalue weighted by Gasteiger charge is 1.99. The second-order valence-corrected chi connectivity index (χ2v) is 3.29. The second-order valence-electron chi connectivity index (χ2n) is 3.29. The van der Waals surface area contributed by atoms with Crippen molar-refractivity contribution < 1.29 is 4.74 Å². The van der Waals surface area contributed by atoms with E-state index in [4.69, 9.17) is 4.74 Å². The van der Waals surface area contributed by atoms with Crippen molar-refractivity contribution in [1.82, 2.24) is 15.3 Å². The van der Waals surface area contributed by atoms with Gasteiger partial charge in [0.15, 0.2) is 0 Å². The van der Waals surface area contributed by atoms with Crippen LogP contribution in [0.4, 0.5) is 0 Å². The van der Waals surface area contributed by atoms with E-state index >= 15 is 0 Å². The van der Waals surface area contributed by atoms with E-state index in [1.165, 1.54) is 0 Å². The molecule has 0 bridgehead atoms. The van der Waals surface area contributed by atoms with Crippen molar-refractivity contribution in [2.75, 3.05) is 7.05 Å². The van der Waals surface area contributed by atoms with Crippen LogP contribution in [0.25, 0.3) is 0 Å². The lowest BCUT2D eigenvalue weighted by atomic mass is 10.3. The third-order valence-electron chi connectivity index (χ3n) is 2.00. The molecule has 0 aliphatic rings. The van der Waals surface area contributed by atoms with E-state index in [9.17, 15) is 0 Å². The number of aromatic nitrogens is 2. The van der Waals surface area contributed by atoms with Gasteiger partial charge in [-0.1, -0.05) is 6.07 Å². The molecule has 4 nitrogen and oxygen atoms in total. The van der Waals surface area contributed by atoms with Crippen LogP contribution < -0.4 is 10.1 Å². The minimum absolute atomic E-state index is 0.584. The fourth-order valence-electron chi connectivity index (χ4n) is 1.32. The van der Waals surface area contributed by atoms with Gasteiger partial charge in [0.05, 0.1) is 11.9 Å². The van der Waals surface area contributed by atoms with E-state index < -0.39 is 0 Å². The minimum atomic E-state index is 0.584. The first-order valence-electron chi connectivity index (χ1n) is 5.07. The van der Waals surface area contributed by atoms with E-state index in [-0.39, 0.29) is 0 Å². The van der Waals surface area contributed by atoms with Crippen molar-refractivity contribution in [1.29, 1.82) is 0 Å². The summed E-state index contributed by atoms with van der Waals surface area (Å²) in [6, 6.07) is 9.37. The zero-order valence-corrected chi connectivity index (χ0v) is 9.05. The van der Waals surface area contributed by atoms with Gasteiger partial charge in [0.1, 0.15) is 5.75 Å². The number of nitrogens with zero attached hydrogens (tertiary/aromatic N) is 2. The lowest BCUT2D eigenvalue weighted by Gasteiger charge is -2.05. The maximum Gasteiger partial charge on any atom is 0.219 e. The summed E-state index contributed by atoms with van der Waals surface area (Å²) in [5.74, 6) is 1.28. The van der Waals surface area contributed by atoms with Gasteiger partial charge in [0.2, 0.25) is 5.88 Å². The van der Waals surface area contributed by atoms with Crippen molar-refractivity contribution >= 4 is 0 Å². The van der Waals surface area contributed by atoms with Gasteiger partial charge in [-0.25, -0.2) is 4.98 Å². The molecule has 0 fully saturated rings. The van der Waals surface area contributed by atoms with Crippen LogP contribution >= 0.6 is 0 Å². The van der Waals surface area contributed by atoms with Gasteiger partial charge in [-0.15, -0.1) is 0 Å². The maximum absolute atomic E-state index is 5.56. The number of rotatable bonds is 4. The Kier molecular flexibility index (Phi) is 3.46. The number of hydrogen-bond donors (Lipinski definition) is 1. The van der Waals surface area contributed by atoms with Crippen molar-refractivity contribution in [2.45, 2.75) is 6.54 Å². The maximum atomic E-state index is 5.56. The highest BCUT2D eigenvalue weighted by molar-refractivity contribution is 5.24. The zero-order chi connectivity index (χ0) is 11.2. The van der Waals surface area contributed by atoms with Crippen LogP contribution in [0.1, 0.15) is 5.69 Å². The molecule has 0 unspecified atom stereocenters. The molecule has 0 atom stereocenters.